The average molecular weight is 215 g/mol. The molecular formula is C8H9NO4S. The molecule has 14 heavy (non-hydrogen) atoms. The van der Waals surface area contributed by atoms with E-state index in [-0.39, 0.29) is 16.2 Å². The number of carbonyl (C=O) groups is 1. The predicted molar refractivity (Wildman–Crippen MR) is 50.5 cm³/mol. The van der Waals surface area contributed by atoms with Crippen LogP contribution < -0.4 is 9.88 Å². The fraction of sp³-hybridized carbons (Fsp3) is 0.125. The van der Waals surface area contributed by atoms with Gasteiger partial charge in [0, 0.05) is 6.07 Å². The number of rotatable bonds is 3. The van der Waals surface area contributed by atoms with E-state index in [1.54, 1.807) is 0 Å². The van der Waals surface area contributed by atoms with Gasteiger partial charge in [0.2, 0.25) is 4.90 Å². The van der Waals surface area contributed by atoms with Crippen LogP contribution in [0.5, 0.6) is 5.75 Å². The van der Waals surface area contributed by atoms with Crippen molar-refractivity contribution in [2.24, 2.45) is 5.14 Å². The monoisotopic (exact) mass is 215 g/mol. The van der Waals surface area contributed by atoms with Crippen LogP contribution in [0.25, 0.3) is 0 Å². The second-order valence-electron chi connectivity index (χ2n) is 2.47. The third-order valence-corrected chi connectivity index (χ3v) is 2.40. The van der Waals surface area contributed by atoms with Crippen molar-refractivity contribution in [3.05, 3.63) is 23.8 Å². The fourth-order valence-corrected chi connectivity index (χ4v) is 1.51. The molecule has 0 fully saturated rings. The molecule has 0 radical (unpaired) electrons. The third-order valence-electron chi connectivity index (χ3n) is 1.63. The first kappa shape index (κ1) is 10.8. The minimum atomic E-state index is -1.68. The molecule has 76 valence electrons. The quantitative estimate of drug-likeness (QED) is 0.710. The maximum Gasteiger partial charge on any atom is 0.335 e. The molecule has 0 spiro atoms. The van der Waals surface area contributed by atoms with E-state index in [4.69, 9.17) is 15.0 Å². The number of aromatic carboxylic acids is 1. The van der Waals surface area contributed by atoms with Gasteiger partial charge in [0.25, 0.3) is 0 Å². The summed E-state index contributed by atoms with van der Waals surface area (Å²) in [5.74, 6) is -0.858. The van der Waals surface area contributed by atoms with Crippen LogP contribution in [0.15, 0.2) is 23.1 Å². The highest BCUT2D eigenvalue weighted by Gasteiger charge is 2.16. The number of hydrogen-bond donors (Lipinski definition) is 2. The van der Waals surface area contributed by atoms with Crippen molar-refractivity contribution in [3.63, 3.8) is 0 Å². The summed E-state index contributed by atoms with van der Waals surface area (Å²) in [7, 11) is 1.36. The van der Waals surface area contributed by atoms with E-state index in [1.807, 2.05) is 0 Å². The van der Waals surface area contributed by atoms with Crippen LogP contribution in [0.2, 0.25) is 0 Å². The first-order chi connectivity index (χ1) is 6.56. The predicted octanol–water partition coefficient (Wildman–Crippen LogP) is 0.375. The highest BCUT2D eigenvalue weighted by Crippen LogP contribution is 2.23. The Bertz CT molecular complexity index is 353. The molecule has 0 heterocycles. The molecule has 0 aliphatic carbocycles. The van der Waals surface area contributed by atoms with Crippen LogP contribution in [0.4, 0.5) is 0 Å². The Morgan fingerprint density at radius 2 is 2.29 bits per heavy atom. The van der Waals surface area contributed by atoms with Gasteiger partial charge in [0.1, 0.15) is 0 Å². The van der Waals surface area contributed by atoms with Gasteiger partial charge in [-0.15, -0.1) is 5.14 Å². The van der Waals surface area contributed by atoms with Crippen LogP contribution in [0.3, 0.4) is 0 Å². The zero-order chi connectivity index (χ0) is 10.7. The molecule has 1 aromatic rings. The van der Waals surface area contributed by atoms with Gasteiger partial charge in [0.05, 0.1) is 24.0 Å². The lowest BCUT2D eigenvalue weighted by atomic mass is 10.2. The number of hydrogen-bond acceptors (Lipinski definition) is 4. The Morgan fingerprint density at radius 3 is 2.71 bits per heavy atom. The lowest BCUT2D eigenvalue weighted by Crippen LogP contribution is -2.14. The second-order valence-corrected chi connectivity index (χ2v) is 3.50. The second kappa shape index (κ2) is 4.32. The molecule has 0 bridgehead atoms. The maximum absolute atomic E-state index is 11.0. The summed E-state index contributed by atoms with van der Waals surface area (Å²) in [6, 6.07) is 3.98. The highest BCUT2D eigenvalue weighted by atomic mass is 32.2. The molecule has 1 rings (SSSR count). The van der Waals surface area contributed by atoms with E-state index in [0.717, 1.165) is 0 Å². The zero-order valence-electron chi connectivity index (χ0n) is 7.39. The molecule has 1 unspecified atom stereocenters. The van der Waals surface area contributed by atoms with E-state index in [2.05, 4.69) is 0 Å². The lowest BCUT2D eigenvalue weighted by Gasteiger charge is -2.08. The molecule has 0 aliphatic rings. The summed E-state index contributed by atoms with van der Waals surface area (Å²) in [4.78, 5) is 10.9. The van der Waals surface area contributed by atoms with Crippen molar-refractivity contribution in [2.75, 3.05) is 7.11 Å². The van der Waals surface area contributed by atoms with Gasteiger partial charge in [-0.25, -0.2) is 4.79 Å². The molecule has 0 saturated carbocycles. The number of ether oxygens (including phenoxy) is 1. The Kier molecular flexibility index (Phi) is 3.34. The summed E-state index contributed by atoms with van der Waals surface area (Å²) in [6.45, 7) is 0. The minimum Gasteiger partial charge on any atom is -0.593 e. The van der Waals surface area contributed by atoms with Crippen LogP contribution in [0, 0.1) is 0 Å². The van der Waals surface area contributed by atoms with Gasteiger partial charge >= 0.3 is 5.97 Å². The molecule has 5 nitrogen and oxygen atoms in total. The van der Waals surface area contributed by atoms with Crippen molar-refractivity contribution in [1.82, 2.24) is 0 Å². The molecule has 1 aromatic carbocycles. The summed E-state index contributed by atoms with van der Waals surface area (Å²) in [6.07, 6.45) is 0. The van der Waals surface area contributed by atoms with E-state index in [1.165, 1.54) is 25.3 Å². The largest absolute Gasteiger partial charge is 0.593 e. The van der Waals surface area contributed by atoms with E-state index >= 15 is 0 Å². The minimum absolute atomic E-state index is 0.0658. The van der Waals surface area contributed by atoms with Gasteiger partial charge in [-0.2, -0.15) is 0 Å². The molecule has 0 aromatic heterocycles. The molecule has 0 amide bonds. The third kappa shape index (κ3) is 2.16. The standard InChI is InChI=1S/C8H9NO4S/c1-13-6-4-5(8(10)11)2-3-7(6)14(9)12/h2-4H,9H2,1H3,(H,10,11). The smallest absolute Gasteiger partial charge is 0.335 e. The SMILES string of the molecule is COc1cc(C(=O)O)ccc1[S+](N)[O-]. The highest BCUT2D eigenvalue weighted by molar-refractivity contribution is 7.89. The topological polar surface area (TPSA) is 95.6 Å². The molecule has 0 saturated heterocycles. The number of methoxy groups -OCH3 is 1. The van der Waals surface area contributed by atoms with Gasteiger partial charge in [-0.3, -0.25) is 0 Å². The van der Waals surface area contributed by atoms with Gasteiger partial charge in [-0.05, 0) is 12.1 Å². The normalized spacial score (nSPS) is 12.2. The summed E-state index contributed by atoms with van der Waals surface area (Å²) in [5.41, 5.74) is 0.0658. The van der Waals surface area contributed by atoms with Crippen LogP contribution in [0.1, 0.15) is 10.4 Å². The van der Waals surface area contributed by atoms with Crippen LogP contribution in [-0.4, -0.2) is 22.7 Å². The Morgan fingerprint density at radius 1 is 1.64 bits per heavy atom. The lowest BCUT2D eigenvalue weighted by molar-refractivity contribution is 0.0696. The first-order valence-electron chi connectivity index (χ1n) is 3.63. The average Bonchev–Trinajstić information content (AvgIpc) is 2.16. The molecule has 6 heteroatoms. The van der Waals surface area contributed by atoms with E-state index in [9.17, 15) is 9.35 Å². The van der Waals surface area contributed by atoms with Crippen molar-refractivity contribution >= 4 is 17.3 Å². The van der Waals surface area contributed by atoms with Crippen molar-refractivity contribution in [2.45, 2.75) is 4.90 Å². The molecule has 3 N–H and O–H groups in total. The molecular weight excluding hydrogens is 206 g/mol. The Balaban J connectivity index is 3.18. The Labute approximate surface area is 83.8 Å². The fourth-order valence-electron chi connectivity index (χ4n) is 0.967. The van der Waals surface area contributed by atoms with E-state index in [0.29, 0.717) is 0 Å². The van der Waals surface area contributed by atoms with E-state index < -0.39 is 17.3 Å². The van der Waals surface area contributed by atoms with Crippen LogP contribution >= 0.6 is 0 Å². The number of nitrogens with two attached hydrogens (primary N) is 1. The van der Waals surface area contributed by atoms with Crippen LogP contribution in [-0.2, 0) is 11.4 Å². The maximum atomic E-state index is 11.0. The summed E-state index contributed by atoms with van der Waals surface area (Å²) < 4.78 is 15.8. The number of carboxylic acids is 1. The number of carboxylic acid groups (broad SMARTS) is 1. The number of benzene rings is 1. The van der Waals surface area contributed by atoms with Gasteiger partial charge in [-0.1, -0.05) is 0 Å². The molecule has 1 atom stereocenters. The first-order valence-corrected chi connectivity index (χ1v) is 4.85. The zero-order valence-corrected chi connectivity index (χ0v) is 8.21. The molecule has 0 aliphatic heterocycles. The summed E-state index contributed by atoms with van der Waals surface area (Å²) >= 11 is -1.68. The van der Waals surface area contributed by atoms with Gasteiger partial charge in [0.15, 0.2) is 5.75 Å². The van der Waals surface area contributed by atoms with Gasteiger partial charge < -0.3 is 14.4 Å². The van der Waals surface area contributed by atoms with Crippen molar-refractivity contribution in [1.29, 1.82) is 0 Å². The Hall–Kier alpha value is -1.24. The van der Waals surface area contributed by atoms with Crippen molar-refractivity contribution < 1.29 is 19.2 Å². The van der Waals surface area contributed by atoms with Crippen molar-refractivity contribution in [3.8, 4) is 5.75 Å². The summed E-state index contributed by atoms with van der Waals surface area (Å²) in [5, 5.41) is 13.8.